The predicted octanol–water partition coefficient (Wildman–Crippen LogP) is 5.34. The Morgan fingerprint density at radius 3 is 2.41 bits per heavy atom. The molecule has 0 aliphatic heterocycles. The zero-order chi connectivity index (χ0) is 16.1. The first-order chi connectivity index (χ1) is 10.5. The average molecular weight is 313 g/mol. The highest BCUT2D eigenvalue weighted by Crippen LogP contribution is 2.23. The van der Waals surface area contributed by atoms with Crippen LogP contribution in [-0.2, 0) is 6.61 Å². The van der Waals surface area contributed by atoms with Crippen LogP contribution in [0.5, 0.6) is 5.75 Å². The number of nitrogens with one attached hydrogen (secondary N) is 1. The van der Waals surface area contributed by atoms with Crippen molar-refractivity contribution < 1.29 is 4.74 Å². The van der Waals surface area contributed by atoms with E-state index in [-0.39, 0.29) is 0 Å². The summed E-state index contributed by atoms with van der Waals surface area (Å²) >= 11 is 5.30. The van der Waals surface area contributed by atoms with Gasteiger partial charge in [0, 0.05) is 11.3 Å². The summed E-state index contributed by atoms with van der Waals surface area (Å²) in [5, 5.41) is 3.31. The van der Waals surface area contributed by atoms with E-state index in [0.717, 1.165) is 34.0 Å². The fourth-order valence-corrected chi connectivity index (χ4v) is 2.40. The molecule has 2 aromatic rings. The molecule has 0 amide bonds. The van der Waals surface area contributed by atoms with E-state index < -0.39 is 0 Å². The maximum Gasteiger partial charge on any atom is 0.122 e. The highest BCUT2D eigenvalue weighted by Gasteiger charge is 2.07. The summed E-state index contributed by atoms with van der Waals surface area (Å²) in [5.74, 6) is 0.926. The fourth-order valence-electron chi connectivity index (χ4n) is 2.29. The number of hydrogen-bond acceptors (Lipinski definition) is 2. The fraction of sp³-hybridized carbons (Fsp3) is 0.316. The molecule has 3 heteroatoms. The Labute approximate surface area is 138 Å². The molecule has 0 aliphatic rings. The number of rotatable bonds is 5. The third-order valence-electron chi connectivity index (χ3n) is 3.57. The van der Waals surface area contributed by atoms with Crippen molar-refractivity contribution >= 4 is 22.9 Å². The summed E-state index contributed by atoms with van der Waals surface area (Å²) < 4.78 is 5.99. The van der Waals surface area contributed by atoms with Gasteiger partial charge in [0.2, 0.25) is 0 Å². The molecule has 0 heterocycles. The van der Waals surface area contributed by atoms with Gasteiger partial charge in [0.05, 0.1) is 4.99 Å². The van der Waals surface area contributed by atoms with Crippen LogP contribution in [0.3, 0.4) is 0 Å². The molecule has 2 nitrogen and oxygen atoms in total. The first kappa shape index (κ1) is 16.5. The Kier molecular flexibility index (Phi) is 5.56. The summed E-state index contributed by atoms with van der Waals surface area (Å²) in [4.78, 5) is 0.846. The molecule has 2 rings (SSSR count). The molecule has 0 spiro atoms. The molecule has 0 unspecified atom stereocenters. The monoisotopic (exact) mass is 313 g/mol. The second-order valence-corrected chi connectivity index (χ2v) is 6.11. The van der Waals surface area contributed by atoms with E-state index in [9.17, 15) is 0 Å². The van der Waals surface area contributed by atoms with E-state index in [0.29, 0.717) is 6.61 Å². The highest BCUT2D eigenvalue weighted by molar-refractivity contribution is 7.80. The third-order valence-corrected chi connectivity index (χ3v) is 3.96. The van der Waals surface area contributed by atoms with Crippen molar-refractivity contribution in [2.45, 2.75) is 40.7 Å². The normalized spacial score (nSPS) is 10.4. The van der Waals surface area contributed by atoms with E-state index in [1.54, 1.807) is 0 Å². The van der Waals surface area contributed by atoms with Crippen LogP contribution < -0.4 is 10.1 Å². The lowest BCUT2D eigenvalue weighted by molar-refractivity contribution is 0.304. The Hall–Kier alpha value is -1.87. The van der Waals surface area contributed by atoms with Crippen LogP contribution >= 0.6 is 12.2 Å². The zero-order valence-electron chi connectivity index (χ0n) is 13.7. The van der Waals surface area contributed by atoms with Gasteiger partial charge in [-0.05, 0) is 50.5 Å². The predicted molar refractivity (Wildman–Crippen MR) is 97.9 cm³/mol. The highest BCUT2D eigenvalue weighted by atomic mass is 32.1. The molecule has 0 bridgehead atoms. The van der Waals surface area contributed by atoms with Gasteiger partial charge < -0.3 is 10.1 Å². The van der Waals surface area contributed by atoms with Gasteiger partial charge in [0.25, 0.3) is 0 Å². The lowest BCUT2D eigenvalue weighted by Gasteiger charge is -2.15. The number of hydrogen-bond donors (Lipinski definition) is 1. The Bertz CT molecular complexity index is 679. The van der Waals surface area contributed by atoms with Crippen molar-refractivity contribution in [2.75, 3.05) is 5.32 Å². The summed E-state index contributed by atoms with van der Waals surface area (Å²) in [6.45, 7) is 8.82. The van der Waals surface area contributed by atoms with Crippen molar-refractivity contribution in [3.05, 3.63) is 58.7 Å². The summed E-state index contributed by atoms with van der Waals surface area (Å²) in [7, 11) is 0. The Morgan fingerprint density at radius 1 is 1.05 bits per heavy atom. The molecular formula is C19H23NOS. The van der Waals surface area contributed by atoms with Crippen LogP contribution in [0.2, 0.25) is 0 Å². The van der Waals surface area contributed by atoms with E-state index in [2.05, 4.69) is 63.3 Å². The van der Waals surface area contributed by atoms with Crippen molar-refractivity contribution in [3.63, 3.8) is 0 Å². The molecular weight excluding hydrogens is 290 g/mol. The van der Waals surface area contributed by atoms with E-state index in [4.69, 9.17) is 17.0 Å². The van der Waals surface area contributed by atoms with Gasteiger partial charge in [-0.25, -0.2) is 0 Å². The van der Waals surface area contributed by atoms with Crippen LogP contribution in [0.1, 0.15) is 35.6 Å². The SMILES string of the molecule is CCC(=S)Nc1cc(C)ccc1COc1ccc(C)cc1C. The van der Waals surface area contributed by atoms with Gasteiger partial charge in [-0.15, -0.1) is 0 Å². The molecule has 0 fully saturated rings. The number of ether oxygens (including phenoxy) is 1. The molecule has 0 atom stereocenters. The standard InChI is InChI=1S/C19H23NOS/c1-5-19(22)20-17-11-14(3)6-8-16(17)12-21-18-9-7-13(2)10-15(18)4/h6-11H,5,12H2,1-4H3,(H,20,22). The van der Waals surface area contributed by atoms with Gasteiger partial charge in [0.1, 0.15) is 12.4 Å². The van der Waals surface area contributed by atoms with Gasteiger partial charge in [-0.3, -0.25) is 0 Å². The topological polar surface area (TPSA) is 21.3 Å². The first-order valence-electron chi connectivity index (χ1n) is 7.59. The number of benzene rings is 2. The molecule has 1 N–H and O–H groups in total. The quantitative estimate of drug-likeness (QED) is 0.753. The second kappa shape index (κ2) is 7.41. The number of aryl methyl sites for hydroxylation is 3. The summed E-state index contributed by atoms with van der Waals surface area (Å²) in [5.41, 5.74) is 5.76. The van der Waals surface area contributed by atoms with Crippen molar-refractivity contribution in [2.24, 2.45) is 0 Å². The first-order valence-corrected chi connectivity index (χ1v) is 8.00. The van der Waals surface area contributed by atoms with Gasteiger partial charge in [-0.1, -0.05) is 49.0 Å². The minimum absolute atomic E-state index is 0.527. The van der Waals surface area contributed by atoms with Gasteiger partial charge in [-0.2, -0.15) is 0 Å². The Balaban J connectivity index is 2.16. The molecule has 0 radical (unpaired) electrons. The lowest BCUT2D eigenvalue weighted by atomic mass is 10.1. The van der Waals surface area contributed by atoms with Crippen molar-refractivity contribution in [3.8, 4) is 5.75 Å². The van der Waals surface area contributed by atoms with Gasteiger partial charge >= 0.3 is 0 Å². The number of thiocarbonyl (C=S) groups is 1. The Morgan fingerprint density at radius 2 is 1.73 bits per heavy atom. The summed E-state index contributed by atoms with van der Waals surface area (Å²) in [6.07, 6.45) is 0.834. The molecule has 0 aromatic heterocycles. The second-order valence-electron chi connectivity index (χ2n) is 5.62. The zero-order valence-corrected chi connectivity index (χ0v) is 14.5. The van der Waals surface area contributed by atoms with E-state index in [1.165, 1.54) is 11.1 Å². The lowest BCUT2D eigenvalue weighted by Crippen LogP contribution is -2.10. The molecule has 0 aliphatic carbocycles. The number of anilines is 1. The van der Waals surface area contributed by atoms with Crippen LogP contribution in [0.25, 0.3) is 0 Å². The molecule has 0 saturated heterocycles. The maximum atomic E-state index is 5.99. The smallest absolute Gasteiger partial charge is 0.122 e. The van der Waals surface area contributed by atoms with Crippen molar-refractivity contribution in [1.29, 1.82) is 0 Å². The van der Waals surface area contributed by atoms with Gasteiger partial charge in [0.15, 0.2) is 0 Å². The molecule has 0 saturated carbocycles. The summed E-state index contributed by atoms with van der Waals surface area (Å²) in [6, 6.07) is 12.5. The van der Waals surface area contributed by atoms with Crippen LogP contribution in [0.4, 0.5) is 5.69 Å². The van der Waals surface area contributed by atoms with Crippen LogP contribution in [0, 0.1) is 20.8 Å². The average Bonchev–Trinajstić information content (AvgIpc) is 2.48. The maximum absolute atomic E-state index is 5.99. The largest absolute Gasteiger partial charge is 0.489 e. The van der Waals surface area contributed by atoms with E-state index >= 15 is 0 Å². The van der Waals surface area contributed by atoms with Crippen molar-refractivity contribution in [1.82, 2.24) is 0 Å². The van der Waals surface area contributed by atoms with Crippen LogP contribution in [0.15, 0.2) is 36.4 Å². The van der Waals surface area contributed by atoms with E-state index in [1.807, 2.05) is 6.07 Å². The minimum atomic E-state index is 0.527. The van der Waals surface area contributed by atoms with Crippen LogP contribution in [-0.4, -0.2) is 4.99 Å². The molecule has 2 aromatic carbocycles. The molecule has 116 valence electrons. The molecule has 22 heavy (non-hydrogen) atoms. The minimum Gasteiger partial charge on any atom is -0.489 e. The third kappa shape index (κ3) is 4.31.